The molecule has 1 aliphatic heterocycles. The van der Waals surface area contributed by atoms with Gasteiger partial charge in [0.25, 0.3) is 0 Å². The van der Waals surface area contributed by atoms with Gasteiger partial charge in [-0.25, -0.2) is 0 Å². The summed E-state index contributed by atoms with van der Waals surface area (Å²) in [5.74, 6) is -0.997. The van der Waals surface area contributed by atoms with E-state index in [-0.39, 0.29) is 17.7 Å². The third-order valence-electron chi connectivity index (χ3n) is 4.47. The van der Waals surface area contributed by atoms with Gasteiger partial charge in [0.05, 0.1) is 5.41 Å². The molecule has 1 fully saturated rings. The highest BCUT2D eigenvalue weighted by atomic mass is 16.4. The number of rotatable bonds is 4. The summed E-state index contributed by atoms with van der Waals surface area (Å²) in [6.45, 7) is 6.71. The second kappa shape index (κ2) is 5.51. The Morgan fingerprint density at radius 1 is 1.29 bits per heavy atom. The van der Waals surface area contributed by atoms with Gasteiger partial charge in [-0.05, 0) is 25.8 Å². The molecule has 1 aromatic carbocycles. The van der Waals surface area contributed by atoms with Crippen LogP contribution in [0, 0.1) is 5.41 Å². The van der Waals surface area contributed by atoms with Crippen molar-refractivity contribution in [2.45, 2.75) is 39.0 Å². The molecule has 2 rings (SSSR count). The van der Waals surface area contributed by atoms with Crippen LogP contribution in [-0.4, -0.2) is 35.0 Å². The van der Waals surface area contributed by atoms with E-state index in [2.05, 4.69) is 19.1 Å². The molecule has 1 saturated heterocycles. The maximum absolute atomic E-state index is 12.3. The molecule has 0 spiro atoms. The lowest BCUT2D eigenvalue weighted by molar-refractivity contribution is -0.151. The predicted octanol–water partition coefficient (Wildman–Crippen LogP) is 2.68. The van der Waals surface area contributed by atoms with Gasteiger partial charge in [0.15, 0.2) is 0 Å². The fourth-order valence-corrected chi connectivity index (χ4v) is 2.82. The number of nitrogens with zero attached hydrogens (tertiary/aromatic N) is 1. The van der Waals surface area contributed by atoms with Gasteiger partial charge in [-0.15, -0.1) is 0 Å². The minimum Gasteiger partial charge on any atom is -0.481 e. The molecule has 0 saturated carbocycles. The van der Waals surface area contributed by atoms with Gasteiger partial charge in [0.2, 0.25) is 5.91 Å². The number of hydrogen-bond acceptors (Lipinski definition) is 2. The molecule has 1 heterocycles. The lowest BCUT2D eigenvalue weighted by Crippen LogP contribution is -2.37. The number of carbonyl (C=O) groups excluding carboxylic acids is 1. The van der Waals surface area contributed by atoms with Gasteiger partial charge in [-0.1, -0.05) is 37.3 Å². The minimum atomic E-state index is -1.01. The third-order valence-corrected chi connectivity index (χ3v) is 4.47. The molecule has 1 amide bonds. The molecule has 1 atom stereocenters. The van der Waals surface area contributed by atoms with Crippen LogP contribution in [0.5, 0.6) is 0 Å². The summed E-state index contributed by atoms with van der Waals surface area (Å²) in [5.41, 5.74) is 0.186. The van der Waals surface area contributed by atoms with Gasteiger partial charge in [-0.3, -0.25) is 9.59 Å². The summed E-state index contributed by atoms with van der Waals surface area (Å²) in [6.07, 6.45) is 0.962. The summed E-state index contributed by atoms with van der Waals surface area (Å²) < 4.78 is 0. The highest BCUT2D eigenvalue weighted by Crippen LogP contribution is 2.35. The van der Waals surface area contributed by atoms with E-state index in [4.69, 9.17) is 5.11 Å². The van der Waals surface area contributed by atoms with Gasteiger partial charge in [-0.2, -0.15) is 0 Å². The van der Waals surface area contributed by atoms with Gasteiger partial charge in [0, 0.05) is 24.9 Å². The fraction of sp³-hybridized carbons (Fsp3) is 0.529. The first-order valence-corrected chi connectivity index (χ1v) is 7.31. The van der Waals surface area contributed by atoms with Crippen molar-refractivity contribution >= 4 is 11.9 Å². The van der Waals surface area contributed by atoms with Gasteiger partial charge >= 0.3 is 5.97 Å². The van der Waals surface area contributed by atoms with E-state index in [0.717, 1.165) is 6.42 Å². The van der Waals surface area contributed by atoms with Crippen LogP contribution in [0.4, 0.5) is 0 Å². The molecular formula is C17H23NO3. The van der Waals surface area contributed by atoms with Crippen molar-refractivity contribution in [3.05, 3.63) is 35.9 Å². The van der Waals surface area contributed by atoms with Crippen LogP contribution < -0.4 is 0 Å². The van der Waals surface area contributed by atoms with E-state index >= 15 is 0 Å². The standard InChI is InChI=1S/C17H23NO3/c1-16(2,15(20)21)11-14(19)18-10-9-17(3,12-18)13-7-5-4-6-8-13/h4-8H,9-12H2,1-3H3,(H,20,21). The van der Waals surface area contributed by atoms with Crippen molar-refractivity contribution in [2.75, 3.05) is 13.1 Å². The number of hydrogen-bond donors (Lipinski definition) is 1. The van der Waals surface area contributed by atoms with Crippen LogP contribution in [0.2, 0.25) is 0 Å². The molecule has 0 radical (unpaired) electrons. The lowest BCUT2D eigenvalue weighted by atomic mass is 9.82. The number of likely N-dealkylation sites (tertiary alicyclic amines) is 1. The summed E-state index contributed by atoms with van der Waals surface area (Å²) >= 11 is 0. The van der Waals surface area contributed by atoms with Crippen molar-refractivity contribution in [1.29, 1.82) is 0 Å². The maximum Gasteiger partial charge on any atom is 0.309 e. The zero-order valence-corrected chi connectivity index (χ0v) is 12.9. The first kappa shape index (κ1) is 15.5. The topological polar surface area (TPSA) is 57.6 Å². The highest BCUT2D eigenvalue weighted by Gasteiger charge is 2.39. The van der Waals surface area contributed by atoms with E-state index in [1.807, 2.05) is 18.2 Å². The summed E-state index contributed by atoms with van der Waals surface area (Å²) in [4.78, 5) is 25.3. The molecule has 4 nitrogen and oxygen atoms in total. The summed E-state index contributed by atoms with van der Waals surface area (Å²) in [6, 6.07) is 10.2. The molecule has 1 aromatic rings. The zero-order chi connectivity index (χ0) is 15.7. The molecule has 1 aliphatic rings. The molecule has 4 heteroatoms. The normalized spacial score (nSPS) is 22.3. The molecule has 114 valence electrons. The van der Waals surface area contributed by atoms with E-state index in [1.165, 1.54) is 5.56 Å². The SMILES string of the molecule is CC(C)(CC(=O)N1CCC(C)(c2ccccc2)C1)C(=O)O. The van der Waals surface area contributed by atoms with Crippen LogP contribution >= 0.6 is 0 Å². The number of amides is 1. The van der Waals surface area contributed by atoms with E-state index in [0.29, 0.717) is 13.1 Å². The van der Waals surface area contributed by atoms with Crippen molar-refractivity contribution in [3.8, 4) is 0 Å². The second-order valence-corrected chi connectivity index (χ2v) is 6.86. The summed E-state index contributed by atoms with van der Waals surface area (Å²) in [5, 5.41) is 9.14. The molecule has 0 bridgehead atoms. The predicted molar refractivity (Wildman–Crippen MR) is 81.0 cm³/mol. The van der Waals surface area contributed by atoms with E-state index < -0.39 is 11.4 Å². The Hall–Kier alpha value is -1.84. The van der Waals surface area contributed by atoms with Crippen LogP contribution in [0.25, 0.3) is 0 Å². The van der Waals surface area contributed by atoms with Crippen LogP contribution in [0.3, 0.4) is 0 Å². The number of aliphatic carboxylic acids is 1. The Morgan fingerprint density at radius 2 is 1.90 bits per heavy atom. The first-order chi connectivity index (χ1) is 9.74. The van der Waals surface area contributed by atoms with Crippen molar-refractivity contribution in [3.63, 3.8) is 0 Å². The number of carboxylic acids is 1. The van der Waals surface area contributed by atoms with Crippen LogP contribution in [0.1, 0.15) is 39.2 Å². The van der Waals surface area contributed by atoms with Gasteiger partial charge < -0.3 is 10.0 Å². The average molecular weight is 289 g/mol. The third kappa shape index (κ3) is 3.26. The molecule has 0 aromatic heterocycles. The average Bonchev–Trinajstić information content (AvgIpc) is 2.83. The molecule has 1 N–H and O–H groups in total. The summed E-state index contributed by atoms with van der Waals surface area (Å²) in [7, 11) is 0. The number of benzene rings is 1. The van der Waals surface area contributed by atoms with Crippen molar-refractivity contribution in [2.24, 2.45) is 5.41 Å². The van der Waals surface area contributed by atoms with Crippen molar-refractivity contribution < 1.29 is 14.7 Å². The second-order valence-electron chi connectivity index (χ2n) is 6.86. The fourth-order valence-electron chi connectivity index (χ4n) is 2.82. The monoisotopic (exact) mass is 289 g/mol. The van der Waals surface area contributed by atoms with Crippen LogP contribution in [-0.2, 0) is 15.0 Å². The smallest absolute Gasteiger partial charge is 0.309 e. The molecule has 21 heavy (non-hydrogen) atoms. The molecule has 0 aliphatic carbocycles. The Morgan fingerprint density at radius 3 is 2.48 bits per heavy atom. The van der Waals surface area contributed by atoms with E-state index in [1.54, 1.807) is 18.7 Å². The Balaban J connectivity index is 2.06. The first-order valence-electron chi connectivity index (χ1n) is 7.31. The maximum atomic E-state index is 12.3. The van der Waals surface area contributed by atoms with Crippen LogP contribution in [0.15, 0.2) is 30.3 Å². The van der Waals surface area contributed by atoms with Crippen molar-refractivity contribution in [1.82, 2.24) is 4.90 Å². The largest absolute Gasteiger partial charge is 0.481 e. The van der Waals surface area contributed by atoms with Gasteiger partial charge in [0.1, 0.15) is 0 Å². The minimum absolute atomic E-state index is 0.0374. The lowest BCUT2D eigenvalue weighted by Gasteiger charge is -2.27. The molecular weight excluding hydrogens is 266 g/mol. The highest BCUT2D eigenvalue weighted by molar-refractivity contribution is 5.84. The Bertz CT molecular complexity index is 538. The molecule has 1 unspecified atom stereocenters. The quantitative estimate of drug-likeness (QED) is 0.927. The Labute approximate surface area is 125 Å². The van der Waals surface area contributed by atoms with E-state index in [9.17, 15) is 9.59 Å². The number of carbonyl (C=O) groups is 2. The zero-order valence-electron chi connectivity index (χ0n) is 12.9. The number of carboxylic acid groups (broad SMARTS) is 1. The Kier molecular flexibility index (Phi) is 4.08.